The SMILES string of the molecule is O=C1c2oc3ccc(Cl)cc3c(=O)c2C(c2cccc(O)c2)N1c1cccc(Cl)c1. The molecule has 1 atom stereocenters. The topological polar surface area (TPSA) is 70.8 Å². The van der Waals surface area contributed by atoms with Gasteiger partial charge in [-0.2, -0.15) is 0 Å². The summed E-state index contributed by atoms with van der Waals surface area (Å²) in [6.07, 6.45) is 0. The number of carbonyl (C=O) groups excluding carboxylic acids is 1. The lowest BCUT2D eigenvalue weighted by molar-refractivity contribution is 0.0971. The normalized spacial score (nSPS) is 15.6. The van der Waals surface area contributed by atoms with Crippen molar-refractivity contribution in [3.05, 3.63) is 104 Å². The summed E-state index contributed by atoms with van der Waals surface area (Å²) in [7, 11) is 0. The molecule has 1 aromatic heterocycles. The molecule has 0 aliphatic carbocycles. The molecule has 0 saturated heterocycles. The second kappa shape index (κ2) is 6.90. The number of amides is 1. The number of aromatic hydroxyl groups is 1. The van der Waals surface area contributed by atoms with Gasteiger partial charge in [-0.15, -0.1) is 0 Å². The predicted octanol–water partition coefficient (Wildman–Crippen LogP) is 5.56. The summed E-state index contributed by atoms with van der Waals surface area (Å²) in [5.74, 6) is -0.481. The Balaban J connectivity index is 1.84. The van der Waals surface area contributed by atoms with Crippen LogP contribution in [0.15, 0.2) is 75.9 Å². The van der Waals surface area contributed by atoms with Crippen LogP contribution >= 0.6 is 23.2 Å². The van der Waals surface area contributed by atoms with Crippen LogP contribution in [0.2, 0.25) is 10.0 Å². The van der Waals surface area contributed by atoms with Crippen LogP contribution in [0.3, 0.4) is 0 Å². The number of carbonyl (C=O) groups is 1. The lowest BCUT2D eigenvalue weighted by atomic mass is 9.98. The van der Waals surface area contributed by atoms with Gasteiger partial charge in [0, 0.05) is 15.7 Å². The first-order chi connectivity index (χ1) is 14.4. The minimum Gasteiger partial charge on any atom is -0.508 e. The molecule has 5 rings (SSSR count). The molecule has 4 aromatic rings. The van der Waals surface area contributed by atoms with Gasteiger partial charge >= 0.3 is 0 Å². The molecule has 7 heteroatoms. The van der Waals surface area contributed by atoms with E-state index in [0.717, 1.165) is 0 Å². The summed E-state index contributed by atoms with van der Waals surface area (Å²) in [6, 6.07) is 17.1. The largest absolute Gasteiger partial charge is 0.508 e. The van der Waals surface area contributed by atoms with E-state index in [1.165, 1.54) is 23.1 Å². The summed E-state index contributed by atoms with van der Waals surface area (Å²) < 4.78 is 5.87. The first kappa shape index (κ1) is 18.7. The maximum Gasteiger partial charge on any atom is 0.295 e. The van der Waals surface area contributed by atoms with Crippen LogP contribution in [-0.4, -0.2) is 11.0 Å². The number of hydrogen-bond donors (Lipinski definition) is 1. The zero-order chi connectivity index (χ0) is 21.0. The Morgan fingerprint density at radius 2 is 1.67 bits per heavy atom. The Bertz CT molecular complexity index is 1400. The van der Waals surface area contributed by atoms with E-state index in [1.807, 2.05) is 0 Å². The standard InChI is InChI=1S/C23H13Cl2NO4/c24-13-4-2-5-15(10-13)26-20(12-3-1-6-16(27)9-12)19-21(28)17-11-14(25)7-8-18(17)30-22(19)23(26)29/h1-11,20,27H. The summed E-state index contributed by atoms with van der Waals surface area (Å²) in [6.45, 7) is 0. The third kappa shape index (κ3) is 2.86. The van der Waals surface area contributed by atoms with E-state index in [-0.39, 0.29) is 33.5 Å². The molecular formula is C23H13Cl2NO4. The van der Waals surface area contributed by atoms with Crippen molar-refractivity contribution in [2.45, 2.75) is 6.04 Å². The van der Waals surface area contributed by atoms with E-state index in [0.29, 0.717) is 21.3 Å². The Morgan fingerprint density at radius 1 is 0.900 bits per heavy atom. The van der Waals surface area contributed by atoms with Gasteiger partial charge < -0.3 is 9.52 Å². The number of hydrogen-bond acceptors (Lipinski definition) is 4. The van der Waals surface area contributed by atoms with Gasteiger partial charge in [-0.3, -0.25) is 14.5 Å². The van der Waals surface area contributed by atoms with Crippen molar-refractivity contribution >= 4 is 45.8 Å². The van der Waals surface area contributed by atoms with E-state index >= 15 is 0 Å². The molecule has 1 aliphatic heterocycles. The molecule has 3 aromatic carbocycles. The van der Waals surface area contributed by atoms with Crippen molar-refractivity contribution in [2.24, 2.45) is 0 Å². The fourth-order valence-corrected chi connectivity index (χ4v) is 4.20. The van der Waals surface area contributed by atoms with E-state index in [4.69, 9.17) is 27.6 Å². The first-order valence-electron chi connectivity index (χ1n) is 9.08. The first-order valence-corrected chi connectivity index (χ1v) is 9.84. The summed E-state index contributed by atoms with van der Waals surface area (Å²) in [4.78, 5) is 28.3. The second-order valence-corrected chi connectivity index (χ2v) is 7.84. The lowest BCUT2D eigenvalue weighted by Gasteiger charge is -2.25. The highest BCUT2D eigenvalue weighted by Crippen LogP contribution is 2.42. The monoisotopic (exact) mass is 437 g/mol. The van der Waals surface area contributed by atoms with E-state index < -0.39 is 11.9 Å². The van der Waals surface area contributed by atoms with Gasteiger partial charge in [0.25, 0.3) is 5.91 Å². The molecule has 0 saturated carbocycles. The van der Waals surface area contributed by atoms with Crippen LogP contribution in [0.5, 0.6) is 5.75 Å². The summed E-state index contributed by atoms with van der Waals surface area (Å²) in [5.41, 5.74) is 1.20. The zero-order valence-electron chi connectivity index (χ0n) is 15.3. The fraction of sp³-hybridized carbons (Fsp3) is 0.0435. The second-order valence-electron chi connectivity index (χ2n) is 6.97. The van der Waals surface area contributed by atoms with Crippen molar-refractivity contribution in [3.8, 4) is 5.75 Å². The molecule has 1 N–H and O–H groups in total. The Morgan fingerprint density at radius 3 is 2.43 bits per heavy atom. The molecule has 1 aliphatic rings. The average molecular weight is 438 g/mol. The van der Waals surface area contributed by atoms with Gasteiger partial charge in [-0.1, -0.05) is 41.4 Å². The highest BCUT2D eigenvalue weighted by molar-refractivity contribution is 6.31. The van der Waals surface area contributed by atoms with Gasteiger partial charge in [0.15, 0.2) is 5.43 Å². The number of halogens is 2. The van der Waals surface area contributed by atoms with E-state index in [2.05, 4.69) is 0 Å². The quantitative estimate of drug-likeness (QED) is 0.445. The fourth-order valence-electron chi connectivity index (χ4n) is 3.85. The molecule has 1 unspecified atom stereocenters. The van der Waals surface area contributed by atoms with Crippen molar-refractivity contribution in [3.63, 3.8) is 0 Å². The predicted molar refractivity (Wildman–Crippen MR) is 116 cm³/mol. The zero-order valence-corrected chi connectivity index (χ0v) is 16.8. The minimum atomic E-state index is -0.794. The van der Waals surface area contributed by atoms with Gasteiger partial charge in [0.05, 0.1) is 17.0 Å². The highest BCUT2D eigenvalue weighted by atomic mass is 35.5. The van der Waals surface area contributed by atoms with Crippen LogP contribution in [0, 0.1) is 0 Å². The van der Waals surface area contributed by atoms with Gasteiger partial charge in [-0.05, 0) is 54.1 Å². The Hall–Kier alpha value is -3.28. The van der Waals surface area contributed by atoms with Crippen molar-refractivity contribution < 1.29 is 14.3 Å². The Labute approximate surface area is 180 Å². The van der Waals surface area contributed by atoms with Crippen LogP contribution in [0.25, 0.3) is 11.0 Å². The molecule has 148 valence electrons. The average Bonchev–Trinajstić information content (AvgIpc) is 3.01. The minimum absolute atomic E-state index is 0.0210. The summed E-state index contributed by atoms with van der Waals surface area (Å²) >= 11 is 12.2. The molecule has 1 amide bonds. The highest BCUT2D eigenvalue weighted by Gasteiger charge is 2.43. The van der Waals surface area contributed by atoms with E-state index in [9.17, 15) is 14.7 Å². The van der Waals surface area contributed by atoms with Gasteiger partial charge in [0.1, 0.15) is 11.3 Å². The molecule has 0 spiro atoms. The van der Waals surface area contributed by atoms with E-state index in [1.54, 1.807) is 48.5 Å². The number of phenols is 1. The van der Waals surface area contributed by atoms with Crippen LogP contribution < -0.4 is 10.3 Å². The molecule has 0 bridgehead atoms. The molecular weight excluding hydrogens is 425 g/mol. The number of nitrogens with zero attached hydrogens (tertiary/aromatic N) is 1. The van der Waals surface area contributed by atoms with Crippen LogP contribution in [-0.2, 0) is 0 Å². The van der Waals surface area contributed by atoms with Crippen molar-refractivity contribution in [1.29, 1.82) is 0 Å². The maximum absolute atomic E-state index is 13.4. The van der Waals surface area contributed by atoms with Crippen LogP contribution in [0.1, 0.15) is 27.7 Å². The van der Waals surface area contributed by atoms with Gasteiger partial charge in [0.2, 0.25) is 5.76 Å². The third-order valence-electron chi connectivity index (χ3n) is 5.10. The maximum atomic E-state index is 13.4. The number of fused-ring (bicyclic) bond motifs is 2. The number of rotatable bonds is 2. The molecule has 2 heterocycles. The molecule has 0 radical (unpaired) electrons. The lowest BCUT2D eigenvalue weighted by Crippen LogP contribution is -2.29. The van der Waals surface area contributed by atoms with Crippen molar-refractivity contribution in [2.75, 3.05) is 4.90 Å². The molecule has 0 fully saturated rings. The molecule has 5 nitrogen and oxygen atoms in total. The van der Waals surface area contributed by atoms with Crippen molar-refractivity contribution in [1.82, 2.24) is 0 Å². The number of anilines is 1. The van der Waals surface area contributed by atoms with Gasteiger partial charge in [-0.25, -0.2) is 0 Å². The smallest absolute Gasteiger partial charge is 0.295 e. The number of benzene rings is 3. The third-order valence-corrected chi connectivity index (χ3v) is 5.57. The summed E-state index contributed by atoms with van der Waals surface area (Å²) in [5, 5.41) is 11.1. The number of phenolic OH excluding ortho intramolecular Hbond substituents is 1. The molecule has 30 heavy (non-hydrogen) atoms. The van der Waals surface area contributed by atoms with Crippen LogP contribution in [0.4, 0.5) is 5.69 Å². The Kier molecular flexibility index (Phi) is 4.31.